The van der Waals surface area contributed by atoms with Crippen LogP contribution in [0.5, 0.6) is 0 Å². The molecule has 1 aromatic carbocycles. The van der Waals surface area contributed by atoms with Crippen molar-refractivity contribution in [3.8, 4) is 0 Å². The molecule has 0 radical (unpaired) electrons. The van der Waals surface area contributed by atoms with Crippen LogP contribution in [0.4, 0.5) is 0 Å². The Kier molecular flexibility index (Phi) is 6.06. The predicted octanol–water partition coefficient (Wildman–Crippen LogP) is 4.78. The Labute approximate surface area is 123 Å². The fraction of sp³-hybridized carbons (Fsp3) is 0.600. The quantitative estimate of drug-likeness (QED) is 0.835. The highest BCUT2D eigenvalue weighted by Gasteiger charge is 2.16. The summed E-state index contributed by atoms with van der Waals surface area (Å²) in [6.45, 7) is 3.41. The molecule has 1 saturated heterocycles. The Bertz CT molecular complexity index is 363. The van der Waals surface area contributed by atoms with Crippen molar-refractivity contribution in [2.24, 2.45) is 0 Å². The number of thioether (sulfide) groups is 1. The molecule has 0 amide bonds. The van der Waals surface area contributed by atoms with Gasteiger partial charge in [0.2, 0.25) is 0 Å². The molecule has 1 aliphatic rings. The number of hydrogen-bond donors (Lipinski definition) is 1. The minimum absolute atomic E-state index is 0.491. The van der Waals surface area contributed by atoms with Crippen molar-refractivity contribution < 1.29 is 0 Å². The third kappa shape index (κ3) is 4.29. The Morgan fingerprint density at radius 3 is 3.00 bits per heavy atom. The van der Waals surface area contributed by atoms with Crippen LogP contribution in [-0.2, 0) is 0 Å². The molecule has 0 bridgehead atoms. The van der Waals surface area contributed by atoms with Crippen molar-refractivity contribution in [3.05, 3.63) is 34.3 Å². The highest BCUT2D eigenvalue weighted by Crippen LogP contribution is 2.26. The van der Waals surface area contributed by atoms with E-state index in [0.29, 0.717) is 6.04 Å². The van der Waals surface area contributed by atoms with Crippen LogP contribution in [0.1, 0.15) is 44.2 Å². The molecule has 2 atom stereocenters. The van der Waals surface area contributed by atoms with Crippen molar-refractivity contribution in [1.29, 1.82) is 0 Å². The fourth-order valence-corrected chi connectivity index (χ4v) is 4.13. The van der Waals surface area contributed by atoms with Crippen molar-refractivity contribution in [2.75, 3.05) is 12.3 Å². The van der Waals surface area contributed by atoms with Gasteiger partial charge >= 0.3 is 0 Å². The Morgan fingerprint density at radius 1 is 1.44 bits per heavy atom. The summed E-state index contributed by atoms with van der Waals surface area (Å²) < 4.78 is 1.17. The van der Waals surface area contributed by atoms with Crippen molar-refractivity contribution in [1.82, 2.24) is 5.32 Å². The summed E-state index contributed by atoms with van der Waals surface area (Å²) in [5.41, 5.74) is 1.40. The minimum Gasteiger partial charge on any atom is -0.309 e. The first kappa shape index (κ1) is 14.4. The van der Waals surface area contributed by atoms with E-state index < -0.39 is 0 Å². The molecule has 100 valence electrons. The van der Waals surface area contributed by atoms with Crippen molar-refractivity contribution >= 4 is 27.7 Å². The summed E-state index contributed by atoms with van der Waals surface area (Å²) in [6, 6.07) is 9.16. The molecule has 18 heavy (non-hydrogen) atoms. The van der Waals surface area contributed by atoms with Gasteiger partial charge in [-0.1, -0.05) is 41.4 Å². The van der Waals surface area contributed by atoms with Gasteiger partial charge in [0.05, 0.1) is 0 Å². The fourth-order valence-electron chi connectivity index (χ4n) is 2.46. The third-order valence-corrected chi connectivity index (χ3v) is 5.42. The van der Waals surface area contributed by atoms with E-state index in [0.717, 1.165) is 18.2 Å². The Hall–Kier alpha value is 0.01000. The number of hydrogen-bond acceptors (Lipinski definition) is 2. The lowest BCUT2D eigenvalue weighted by atomic mass is 10.0. The molecule has 3 heteroatoms. The van der Waals surface area contributed by atoms with Gasteiger partial charge in [0.15, 0.2) is 0 Å². The Morgan fingerprint density at radius 2 is 2.33 bits per heavy atom. The van der Waals surface area contributed by atoms with E-state index in [1.807, 2.05) is 0 Å². The first-order valence-corrected chi connectivity index (χ1v) is 8.74. The van der Waals surface area contributed by atoms with Crippen molar-refractivity contribution in [3.63, 3.8) is 0 Å². The van der Waals surface area contributed by atoms with Gasteiger partial charge in [-0.3, -0.25) is 0 Å². The van der Waals surface area contributed by atoms with Crippen LogP contribution in [0, 0.1) is 0 Å². The molecule has 2 rings (SSSR count). The van der Waals surface area contributed by atoms with Gasteiger partial charge in [-0.25, -0.2) is 0 Å². The van der Waals surface area contributed by atoms with E-state index in [1.54, 1.807) is 0 Å². The molecule has 1 nitrogen and oxygen atoms in total. The zero-order valence-electron chi connectivity index (χ0n) is 11.0. The second-order valence-electron chi connectivity index (χ2n) is 4.91. The largest absolute Gasteiger partial charge is 0.309 e. The lowest BCUT2D eigenvalue weighted by Gasteiger charge is -2.25. The summed E-state index contributed by atoms with van der Waals surface area (Å²) in [5.74, 6) is 1.35. The van der Waals surface area contributed by atoms with Gasteiger partial charge in [0, 0.05) is 22.3 Å². The zero-order valence-corrected chi connectivity index (χ0v) is 13.4. The second kappa shape index (κ2) is 7.56. The van der Waals surface area contributed by atoms with Crippen molar-refractivity contribution in [2.45, 2.75) is 43.9 Å². The zero-order chi connectivity index (χ0) is 12.8. The minimum atomic E-state index is 0.491. The summed E-state index contributed by atoms with van der Waals surface area (Å²) in [5, 5.41) is 4.56. The summed E-state index contributed by atoms with van der Waals surface area (Å²) >= 11 is 5.70. The highest BCUT2D eigenvalue weighted by atomic mass is 79.9. The molecule has 1 fully saturated rings. The SMILES string of the molecule is CCC(NCC1CCCCS1)c1cccc(Br)c1. The highest BCUT2D eigenvalue weighted by molar-refractivity contribution is 9.10. The predicted molar refractivity (Wildman–Crippen MR) is 85.3 cm³/mol. The molecule has 1 heterocycles. The van der Waals surface area contributed by atoms with E-state index in [4.69, 9.17) is 0 Å². The molecule has 1 aromatic rings. The smallest absolute Gasteiger partial charge is 0.0318 e. The molecular weight excluding hydrogens is 306 g/mol. The molecule has 0 spiro atoms. The number of halogens is 1. The van der Waals surface area contributed by atoms with Crippen LogP contribution in [0.3, 0.4) is 0 Å². The van der Waals surface area contributed by atoms with Crippen LogP contribution in [0.25, 0.3) is 0 Å². The van der Waals surface area contributed by atoms with Gasteiger partial charge in [0.25, 0.3) is 0 Å². The molecule has 2 unspecified atom stereocenters. The maximum atomic E-state index is 3.74. The lowest BCUT2D eigenvalue weighted by molar-refractivity contribution is 0.499. The first-order chi connectivity index (χ1) is 8.79. The van der Waals surface area contributed by atoms with Gasteiger partial charge in [0.1, 0.15) is 0 Å². The number of nitrogens with one attached hydrogen (secondary N) is 1. The molecule has 0 aromatic heterocycles. The monoisotopic (exact) mass is 327 g/mol. The van der Waals surface area contributed by atoms with Crippen LogP contribution in [-0.4, -0.2) is 17.5 Å². The van der Waals surface area contributed by atoms with Crippen LogP contribution in [0.2, 0.25) is 0 Å². The molecule has 0 saturated carbocycles. The van der Waals surface area contributed by atoms with E-state index in [9.17, 15) is 0 Å². The molecular formula is C15H22BrNS. The van der Waals surface area contributed by atoms with Gasteiger partial charge in [-0.15, -0.1) is 0 Å². The van der Waals surface area contributed by atoms with Crippen LogP contribution >= 0.6 is 27.7 Å². The molecule has 0 aliphatic carbocycles. The summed E-state index contributed by atoms with van der Waals surface area (Å²) in [4.78, 5) is 0. The van der Waals surface area contributed by atoms with Crippen LogP contribution in [0.15, 0.2) is 28.7 Å². The van der Waals surface area contributed by atoms with Crippen LogP contribution < -0.4 is 5.32 Å². The number of rotatable bonds is 5. The Balaban J connectivity index is 1.88. The first-order valence-electron chi connectivity index (χ1n) is 6.90. The second-order valence-corrected chi connectivity index (χ2v) is 7.24. The van der Waals surface area contributed by atoms with Gasteiger partial charge in [-0.2, -0.15) is 11.8 Å². The molecule has 1 aliphatic heterocycles. The topological polar surface area (TPSA) is 12.0 Å². The normalized spacial score (nSPS) is 21.8. The summed E-state index contributed by atoms with van der Waals surface area (Å²) in [6.07, 6.45) is 5.34. The molecule has 1 N–H and O–H groups in total. The van der Waals surface area contributed by atoms with E-state index in [-0.39, 0.29) is 0 Å². The van der Waals surface area contributed by atoms with E-state index in [2.05, 4.69) is 64.2 Å². The van der Waals surface area contributed by atoms with Gasteiger partial charge in [-0.05, 0) is 42.7 Å². The third-order valence-electron chi connectivity index (χ3n) is 3.53. The maximum absolute atomic E-state index is 3.74. The lowest BCUT2D eigenvalue weighted by Crippen LogP contribution is -2.30. The average Bonchev–Trinajstić information content (AvgIpc) is 2.41. The van der Waals surface area contributed by atoms with E-state index >= 15 is 0 Å². The number of benzene rings is 1. The summed E-state index contributed by atoms with van der Waals surface area (Å²) in [7, 11) is 0. The average molecular weight is 328 g/mol. The maximum Gasteiger partial charge on any atom is 0.0318 e. The standard InChI is InChI=1S/C15H22BrNS/c1-2-15(12-6-5-7-13(16)10-12)17-11-14-8-3-4-9-18-14/h5-7,10,14-15,17H,2-4,8-9,11H2,1H3. The van der Waals surface area contributed by atoms with E-state index in [1.165, 1.54) is 35.1 Å². The van der Waals surface area contributed by atoms with Gasteiger partial charge < -0.3 is 5.32 Å².